The third kappa shape index (κ3) is 2.91. The number of aromatic nitrogens is 3. The highest BCUT2D eigenvalue weighted by atomic mass is 16.5. The number of rotatable bonds is 4. The predicted octanol–water partition coefficient (Wildman–Crippen LogP) is 1.13. The Morgan fingerprint density at radius 2 is 2.29 bits per heavy atom. The van der Waals surface area contributed by atoms with Gasteiger partial charge in [0, 0.05) is 26.2 Å². The number of hydrogen-bond donors (Lipinski definition) is 1. The number of aliphatic hydroxyl groups excluding tert-OH is 1. The minimum atomic E-state index is -0.303. The van der Waals surface area contributed by atoms with E-state index in [-0.39, 0.29) is 12.1 Å². The first-order valence-corrected chi connectivity index (χ1v) is 7.07. The number of aliphatic hydroxyl groups is 1. The molecule has 1 fully saturated rings. The van der Waals surface area contributed by atoms with Crippen molar-refractivity contribution < 1.29 is 9.84 Å². The Hall–Kier alpha value is -1.92. The predicted molar refractivity (Wildman–Crippen MR) is 77.8 cm³/mol. The molecule has 3 rings (SSSR count). The summed E-state index contributed by atoms with van der Waals surface area (Å²) in [6.07, 6.45) is 2.20. The van der Waals surface area contributed by atoms with Crippen LogP contribution in [0.15, 0.2) is 30.5 Å². The first kappa shape index (κ1) is 14.0. The number of benzene rings is 1. The van der Waals surface area contributed by atoms with Crippen molar-refractivity contribution in [2.24, 2.45) is 7.05 Å². The van der Waals surface area contributed by atoms with E-state index in [2.05, 4.69) is 21.3 Å². The van der Waals surface area contributed by atoms with Crippen LogP contribution in [0.4, 0.5) is 0 Å². The molecule has 0 aliphatic carbocycles. The van der Waals surface area contributed by atoms with Crippen LogP contribution in [0.3, 0.4) is 0 Å². The minimum absolute atomic E-state index is 0.185. The Labute approximate surface area is 124 Å². The minimum Gasteiger partial charge on any atom is -0.497 e. The zero-order chi connectivity index (χ0) is 14.8. The fourth-order valence-corrected chi connectivity index (χ4v) is 2.91. The first-order chi connectivity index (χ1) is 10.2. The molecule has 0 spiro atoms. The van der Waals surface area contributed by atoms with Crippen LogP contribution in [0.5, 0.6) is 5.75 Å². The van der Waals surface area contributed by atoms with Crippen LogP contribution in [0.1, 0.15) is 23.7 Å². The van der Waals surface area contributed by atoms with Gasteiger partial charge in [-0.3, -0.25) is 9.58 Å². The highest BCUT2D eigenvalue weighted by Gasteiger charge is 2.32. The van der Waals surface area contributed by atoms with E-state index in [0.29, 0.717) is 6.54 Å². The summed E-state index contributed by atoms with van der Waals surface area (Å²) in [6, 6.07) is 8.23. The molecule has 2 aromatic rings. The third-order valence-electron chi connectivity index (χ3n) is 4.03. The lowest BCUT2D eigenvalue weighted by Gasteiger charge is -2.24. The summed E-state index contributed by atoms with van der Waals surface area (Å²) < 4.78 is 7.07. The molecule has 0 bridgehead atoms. The Kier molecular flexibility index (Phi) is 3.90. The highest BCUT2D eigenvalue weighted by Crippen LogP contribution is 2.34. The molecule has 6 heteroatoms. The van der Waals surface area contributed by atoms with Crippen LogP contribution in [0, 0.1) is 0 Å². The summed E-state index contributed by atoms with van der Waals surface area (Å²) in [5.74, 6) is 0.844. The molecule has 1 aliphatic heterocycles. The second-order valence-electron chi connectivity index (χ2n) is 5.46. The van der Waals surface area contributed by atoms with E-state index in [1.54, 1.807) is 18.0 Å². The quantitative estimate of drug-likeness (QED) is 0.914. The largest absolute Gasteiger partial charge is 0.497 e. The fourth-order valence-electron chi connectivity index (χ4n) is 2.91. The molecule has 0 radical (unpaired) electrons. The third-order valence-corrected chi connectivity index (χ3v) is 4.03. The van der Waals surface area contributed by atoms with Crippen molar-refractivity contribution in [2.45, 2.75) is 25.1 Å². The SMILES string of the molecule is COc1cccc([C@@H]2C[C@H](O)CN2Cc2cnnn2C)c1. The summed E-state index contributed by atoms with van der Waals surface area (Å²) in [4.78, 5) is 2.26. The molecular weight excluding hydrogens is 268 g/mol. The van der Waals surface area contributed by atoms with Crippen molar-refractivity contribution >= 4 is 0 Å². The summed E-state index contributed by atoms with van der Waals surface area (Å²) in [7, 11) is 3.55. The number of aryl methyl sites for hydroxylation is 1. The molecule has 2 heterocycles. The molecule has 1 aliphatic rings. The number of hydrogen-bond acceptors (Lipinski definition) is 5. The maximum atomic E-state index is 10.0. The van der Waals surface area contributed by atoms with Crippen molar-refractivity contribution in [3.8, 4) is 5.75 Å². The van der Waals surface area contributed by atoms with E-state index in [0.717, 1.165) is 24.4 Å². The van der Waals surface area contributed by atoms with Gasteiger partial charge in [0.05, 0.1) is 25.1 Å². The van der Waals surface area contributed by atoms with Crippen molar-refractivity contribution in [3.05, 3.63) is 41.7 Å². The van der Waals surface area contributed by atoms with Crippen molar-refractivity contribution in [1.82, 2.24) is 19.9 Å². The molecule has 0 amide bonds. The molecular formula is C15H20N4O2. The number of ether oxygens (including phenoxy) is 1. The average Bonchev–Trinajstić information content (AvgIpc) is 3.06. The molecule has 112 valence electrons. The van der Waals surface area contributed by atoms with Gasteiger partial charge in [-0.05, 0) is 24.1 Å². The molecule has 2 atom stereocenters. The number of nitrogens with zero attached hydrogens (tertiary/aromatic N) is 4. The second-order valence-corrected chi connectivity index (χ2v) is 5.46. The van der Waals surface area contributed by atoms with Gasteiger partial charge in [0.25, 0.3) is 0 Å². The molecule has 1 N–H and O–H groups in total. The van der Waals surface area contributed by atoms with Gasteiger partial charge in [-0.25, -0.2) is 0 Å². The lowest BCUT2D eigenvalue weighted by Crippen LogP contribution is -2.25. The van der Waals surface area contributed by atoms with Crippen molar-refractivity contribution in [1.29, 1.82) is 0 Å². The van der Waals surface area contributed by atoms with Crippen LogP contribution >= 0.6 is 0 Å². The van der Waals surface area contributed by atoms with Gasteiger partial charge in [-0.1, -0.05) is 17.3 Å². The van der Waals surface area contributed by atoms with Crippen LogP contribution in [-0.2, 0) is 13.6 Å². The number of likely N-dealkylation sites (tertiary alicyclic amines) is 1. The summed E-state index contributed by atoms with van der Waals surface area (Å²) in [5.41, 5.74) is 2.21. The molecule has 21 heavy (non-hydrogen) atoms. The monoisotopic (exact) mass is 288 g/mol. The molecule has 1 aromatic heterocycles. The van der Waals surface area contributed by atoms with Gasteiger partial charge in [-0.15, -0.1) is 5.10 Å². The van der Waals surface area contributed by atoms with Gasteiger partial charge >= 0.3 is 0 Å². The molecule has 1 aromatic carbocycles. The Bertz CT molecular complexity index is 613. The van der Waals surface area contributed by atoms with Gasteiger partial charge in [0.1, 0.15) is 5.75 Å². The van der Waals surface area contributed by atoms with E-state index in [1.165, 1.54) is 5.56 Å². The smallest absolute Gasteiger partial charge is 0.119 e. The van der Waals surface area contributed by atoms with Gasteiger partial charge in [-0.2, -0.15) is 0 Å². The maximum absolute atomic E-state index is 10.0. The standard InChI is InChI=1S/C15H20N4O2/c1-18-12(8-16-17-18)9-19-10-13(20)7-15(19)11-4-3-5-14(6-11)21-2/h3-6,8,13,15,20H,7,9-10H2,1-2H3/t13-,15-/m0/s1. The second kappa shape index (κ2) is 5.83. The van der Waals surface area contributed by atoms with Crippen molar-refractivity contribution in [2.75, 3.05) is 13.7 Å². The molecule has 6 nitrogen and oxygen atoms in total. The lowest BCUT2D eigenvalue weighted by atomic mass is 10.0. The average molecular weight is 288 g/mol. The van der Waals surface area contributed by atoms with Gasteiger partial charge in [0.15, 0.2) is 0 Å². The van der Waals surface area contributed by atoms with Crippen LogP contribution in [-0.4, -0.2) is 44.8 Å². The van der Waals surface area contributed by atoms with Gasteiger partial charge < -0.3 is 9.84 Å². The Balaban J connectivity index is 1.83. The zero-order valence-corrected chi connectivity index (χ0v) is 12.3. The summed E-state index contributed by atoms with van der Waals surface area (Å²) in [6.45, 7) is 1.38. The van der Waals surface area contributed by atoms with Gasteiger partial charge in [0.2, 0.25) is 0 Å². The molecule has 0 unspecified atom stereocenters. The van der Waals surface area contributed by atoms with Crippen LogP contribution < -0.4 is 4.74 Å². The van der Waals surface area contributed by atoms with E-state index in [4.69, 9.17) is 4.74 Å². The number of β-amino-alcohol motifs (C(OH)–C–C–N with tert-alkyl or cyclic N) is 1. The molecule has 0 saturated carbocycles. The first-order valence-electron chi connectivity index (χ1n) is 7.07. The van der Waals surface area contributed by atoms with E-state index >= 15 is 0 Å². The van der Waals surface area contributed by atoms with E-state index < -0.39 is 0 Å². The zero-order valence-electron chi connectivity index (χ0n) is 12.3. The lowest BCUT2D eigenvalue weighted by molar-refractivity contribution is 0.171. The van der Waals surface area contributed by atoms with Crippen LogP contribution in [0.25, 0.3) is 0 Å². The maximum Gasteiger partial charge on any atom is 0.119 e. The van der Waals surface area contributed by atoms with E-state index in [1.807, 2.05) is 25.2 Å². The fraction of sp³-hybridized carbons (Fsp3) is 0.467. The Morgan fingerprint density at radius 1 is 1.43 bits per heavy atom. The molecule has 1 saturated heterocycles. The highest BCUT2D eigenvalue weighted by molar-refractivity contribution is 5.31. The van der Waals surface area contributed by atoms with E-state index in [9.17, 15) is 5.11 Å². The Morgan fingerprint density at radius 3 is 3.00 bits per heavy atom. The van der Waals surface area contributed by atoms with Crippen molar-refractivity contribution in [3.63, 3.8) is 0 Å². The normalized spacial score (nSPS) is 22.6. The topological polar surface area (TPSA) is 63.4 Å². The number of methoxy groups -OCH3 is 1. The van der Waals surface area contributed by atoms with Crippen LogP contribution in [0.2, 0.25) is 0 Å². The summed E-state index contributed by atoms with van der Waals surface area (Å²) in [5, 5.41) is 17.9. The summed E-state index contributed by atoms with van der Waals surface area (Å²) >= 11 is 0.